The van der Waals surface area contributed by atoms with Gasteiger partial charge in [-0.15, -0.1) is 0 Å². The van der Waals surface area contributed by atoms with Gasteiger partial charge in [-0.1, -0.05) is 0 Å². The summed E-state index contributed by atoms with van der Waals surface area (Å²) in [5.74, 6) is 0.426. The van der Waals surface area contributed by atoms with E-state index in [-0.39, 0.29) is 0 Å². The first kappa shape index (κ1) is 29.5. The second-order valence-corrected chi connectivity index (χ2v) is 15.0. The van der Waals surface area contributed by atoms with E-state index in [1.807, 2.05) is 12.1 Å². The number of aromatic hydroxyl groups is 1. The second kappa shape index (κ2) is 19.9. The Morgan fingerprint density at radius 2 is 0.781 bits per heavy atom. The van der Waals surface area contributed by atoms with E-state index in [2.05, 4.69) is 32.9 Å². The standard InChI is InChI=1S/C30H57OP/c1-4-7-10-13-16-19-26-32(27-20-17-14-11-8-5-2,28-21-18-15-12-9-6-3)30-24-22-29(31)23-25-30/h22-25,31-32H,4-21,26-28H2,1-3H3. The number of rotatable bonds is 22. The third kappa shape index (κ3) is 13.2. The molecule has 1 nitrogen and oxygen atoms in total. The molecule has 1 aromatic rings. The van der Waals surface area contributed by atoms with Gasteiger partial charge in [0.05, 0.1) is 0 Å². The van der Waals surface area contributed by atoms with Crippen molar-refractivity contribution in [3.63, 3.8) is 0 Å². The maximum atomic E-state index is 9.93. The van der Waals surface area contributed by atoms with Gasteiger partial charge in [0.15, 0.2) is 0 Å². The summed E-state index contributed by atoms with van der Waals surface area (Å²) in [5.41, 5.74) is 0. The molecule has 0 unspecified atom stereocenters. The van der Waals surface area contributed by atoms with Gasteiger partial charge in [0.25, 0.3) is 0 Å². The summed E-state index contributed by atoms with van der Waals surface area (Å²) in [5, 5.41) is 11.6. The van der Waals surface area contributed by atoms with Crippen molar-refractivity contribution in [1.29, 1.82) is 0 Å². The molecule has 0 aliphatic rings. The van der Waals surface area contributed by atoms with Gasteiger partial charge in [0, 0.05) is 0 Å². The van der Waals surface area contributed by atoms with Crippen LogP contribution in [0.5, 0.6) is 5.75 Å². The SMILES string of the molecule is CCCCCCCC[PH](CCCCCCCC)(CCCCCCCC)c1ccc(O)cc1. The number of benzene rings is 1. The van der Waals surface area contributed by atoms with Crippen LogP contribution < -0.4 is 5.30 Å². The van der Waals surface area contributed by atoms with Crippen molar-refractivity contribution in [2.24, 2.45) is 0 Å². The first-order valence-corrected chi connectivity index (χ1v) is 17.1. The Kier molecular flexibility index (Phi) is 18.3. The Morgan fingerprint density at radius 3 is 1.12 bits per heavy atom. The summed E-state index contributed by atoms with van der Waals surface area (Å²) >= 11 is 0. The Hall–Kier alpha value is -0.550. The van der Waals surface area contributed by atoms with E-state index in [0.29, 0.717) is 5.75 Å². The quantitative estimate of drug-likeness (QED) is 0.134. The Labute approximate surface area is 202 Å². The number of hydrogen-bond donors (Lipinski definition) is 1. The van der Waals surface area contributed by atoms with E-state index >= 15 is 0 Å². The molecule has 0 aliphatic carbocycles. The van der Waals surface area contributed by atoms with Gasteiger partial charge < -0.3 is 0 Å². The van der Waals surface area contributed by atoms with Gasteiger partial charge in [-0.05, 0) is 0 Å². The molecule has 1 N–H and O–H groups in total. The van der Waals surface area contributed by atoms with Gasteiger partial charge in [0.1, 0.15) is 0 Å². The van der Waals surface area contributed by atoms with Crippen molar-refractivity contribution in [3.8, 4) is 5.75 Å². The Balaban J connectivity index is 2.78. The molecular weight excluding hydrogens is 407 g/mol. The summed E-state index contributed by atoms with van der Waals surface area (Å²) < 4.78 is 0. The van der Waals surface area contributed by atoms with E-state index < -0.39 is 7.26 Å². The molecule has 1 rings (SSSR count). The third-order valence-electron chi connectivity index (χ3n) is 7.51. The zero-order valence-electron chi connectivity index (χ0n) is 22.1. The Bertz CT molecular complexity index is 483. The molecule has 0 saturated heterocycles. The van der Waals surface area contributed by atoms with Crippen LogP contribution in [-0.2, 0) is 0 Å². The van der Waals surface area contributed by atoms with Crippen LogP contribution in [-0.4, -0.2) is 23.6 Å². The van der Waals surface area contributed by atoms with Crippen LogP contribution in [0.25, 0.3) is 0 Å². The van der Waals surface area contributed by atoms with Gasteiger partial charge in [-0.3, -0.25) is 0 Å². The van der Waals surface area contributed by atoms with E-state index in [0.717, 1.165) is 0 Å². The fraction of sp³-hybridized carbons (Fsp3) is 0.800. The minimum atomic E-state index is -1.51. The van der Waals surface area contributed by atoms with E-state index in [4.69, 9.17) is 0 Å². The molecule has 0 radical (unpaired) electrons. The van der Waals surface area contributed by atoms with Crippen LogP contribution in [0.4, 0.5) is 0 Å². The number of unbranched alkanes of at least 4 members (excludes halogenated alkanes) is 15. The van der Waals surface area contributed by atoms with Crippen molar-refractivity contribution in [2.75, 3.05) is 18.5 Å². The summed E-state index contributed by atoms with van der Waals surface area (Å²) in [7, 11) is -1.51. The molecule has 32 heavy (non-hydrogen) atoms. The first-order valence-electron chi connectivity index (χ1n) is 14.5. The minimum absolute atomic E-state index is 0.426. The van der Waals surface area contributed by atoms with Crippen LogP contribution >= 0.6 is 7.26 Å². The van der Waals surface area contributed by atoms with Crippen LogP contribution in [0.2, 0.25) is 0 Å². The van der Waals surface area contributed by atoms with Crippen molar-refractivity contribution in [3.05, 3.63) is 24.3 Å². The molecule has 0 fully saturated rings. The third-order valence-corrected chi connectivity index (χ3v) is 13.0. The van der Waals surface area contributed by atoms with Crippen molar-refractivity contribution >= 4 is 12.6 Å². The first-order chi connectivity index (χ1) is 15.7. The predicted octanol–water partition coefficient (Wildman–Crippen LogP) is 9.85. The average molecular weight is 465 g/mol. The second-order valence-electron chi connectivity index (χ2n) is 10.4. The normalized spacial score (nSPS) is 12.3. The fourth-order valence-corrected chi connectivity index (χ4v) is 10.6. The van der Waals surface area contributed by atoms with E-state index in [1.54, 1.807) is 5.30 Å². The summed E-state index contributed by atoms with van der Waals surface area (Å²) in [4.78, 5) is 0. The zero-order chi connectivity index (χ0) is 23.3. The molecule has 0 aromatic heterocycles. The molecule has 0 atom stereocenters. The van der Waals surface area contributed by atoms with E-state index in [1.165, 1.54) is 134 Å². The van der Waals surface area contributed by atoms with Gasteiger partial charge in [-0.2, -0.15) is 0 Å². The molecule has 188 valence electrons. The van der Waals surface area contributed by atoms with Crippen molar-refractivity contribution < 1.29 is 5.11 Å². The predicted molar refractivity (Wildman–Crippen MR) is 151 cm³/mol. The summed E-state index contributed by atoms with van der Waals surface area (Å²) in [6, 6.07) is 8.52. The van der Waals surface area contributed by atoms with Crippen molar-refractivity contribution in [1.82, 2.24) is 0 Å². The molecule has 0 heterocycles. The Morgan fingerprint density at radius 1 is 0.469 bits per heavy atom. The topological polar surface area (TPSA) is 20.2 Å². The molecule has 0 bridgehead atoms. The summed E-state index contributed by atoms with van der Waals surface area (Å²) in [6.45, 7) is 6.93. The van der Waals surface area contributed by atoms with Crippen LogP contribution in [0.1, 0.15) is 136 Å². The van der Waals surface area contributed by atoms with Crippen LogP contribution in [0.15, 0.2) is 24.3 Å². The van der Waals surface area contributed by atoms with Gasteiger partial charge >= 0.3 is 203 Å². The molecule has 2 heteroatoms. The monoisotopic (exact) mass is 464 g/mol. The molecular formula is C30H57OP. The summed E-state index contributed by atoms with van der Waals surface area (Å²) in [6.07, 6.45) is 29.6. The fourth-order valence-electron chi connectivity index (χ4n) is 5.35. The van der Waals surface area contributed by atoms with E-state index in [9.17, 15) is 5.11 Å². The molecule has 0 saturated carbocycles. The molecule has 0 spiro atoms. The number of hydrogen-bond acceptors (Lipinski definition) is 1. The van der Waals surface area contributed by atoms with Gasteiger partial charge in [-0.25, -0.2) is 0 Å². The van der Waals surface area contributed by atoms with Gasteiger partial charge in [0.2, 0.25) is 0 Å². The maximum absolute atomic E-state index is 9.93. The van der Waals surface area contributed by atoms with Crippen LogP contribution in [0.3, 0.4) is 0 Å². The van der Waals surface area contributed by atoms with Crippen LogP contribution in [0, 0.1) is 0 Å². The molecule has 1 aromatic carbocycles. The number of phenolic OH excluding ortho intramolecular Hbond substituents is 1. The molecule has 0 aliphatic heterocycles. The average Bonchev–Trinajstić information content (AvgIpc) is 2.80. The van der Waals surface area contributed by atoms with Crippen molar-refractivity contribution in [2.45, 2.75) is 136 Å². The number of phenols is 1. The zero-order valence-corrected chi connectivity index (χ0v) is 23.1. The molecule has 0 amide bonds.